The fourth-order valence-corrected chi connectivity index (χ4v) is 6.44. The van der Waals surface area contributed by atoms with Crippen LogP contribution in [-0.4, -0.2) is 46.9 Å². The van der Waals surface area contributed by atoms with Crippen LogP contribution in [0.3, 0.4) is 0 Å². The van der Waals surface area contributed by atoms with Crippen molar-refractivity contribution in [1.29, 1.82) is 0 Å². The van der Waals surface area contributed by atoms with E-state index in [2.05, 4.69) is 0 Å². The molecule has 1 amide bonds. The third kappa shape index (κ3) is 4.08. The van der Waals surface area contributed by atoms with Gasteiger partial charge in [-0.3, -0.25) is 14.5 Å². The quantitative estimate of drug-likeness (QED) is 0.403. The summed E-state index contributed by atoms with van der Waals surface area (Å²) < 4.78 is 29.7. The highest BCUT2D eigenvalue weighted by atomic mass is 32.2. The third-order valence-electron chi connectivity index (χ3n) is 4.87. The summed E-state index contributed by atoms with van der Waals surface area (Å²) in [5.74, 6) is 0.851. The van der Waals surface area contributed by atoms with E-state index in [1.165, 1.54) is 11.8 Å². The Morgan fingerprint density at radius 1 is 1.24 bits per heavy atom. The Labute approximate surface area is 177 Å². The average molecular weight is 448 g/mol. The van der Waals surface area contributed by atoms with Crippen LogP contribution in [0.2, 0.25) is 0 Å². The largest absolute Gasteiger partial charge is 0.457 e. The summed E-state index contributed by atoms with van der Waals surface area (Å²) in [6.45, 7) is 1.51. The number of thioether (sulfide) groups is 1. The lowest BCUT2D eigenvalue weighted by molar-refractivity contribution is -0.123. The second-order valence-electron chi connectivity index (χ2n) is 6.94. The Morgan fingerprint density at radius 3 is 2.59 bits per heavy atom. The number of carbonyl (C=O) groups excluding carboxylic acids is 2. The first-order valence-corrected chi connectivity index (χ1v) is 12.0. The number of hydrogen-bond acceptors (Lipinski definition) is 7. The zero-order chi connectivity index (χ0) is 20.8. The average Bonchev–Trinajstić information content (AvgIpc) is 3.34. The standard InChI is InChI=1S/C20H17NO5S3/c1-12(22)13-2-4-14(5-3-13)17-7-6-16(26-17)10-18-19(23)21(20(27)28-18)15-8-9-29(24,25)11-15/h2-7,10,15H,8-9,11H2,1H3/b18-10-/t15-/m1/s1. The Hall–Kier alpha value is -2.23. The van der Waals surface area contributed by atoms with Crippen LogP contribution in [0.25, 0.3) is 17.4 Å². The van der Waals surface area contributed by atoms with Crippen LogP contribution in [0.15, 0.2) is 45.7 Å². The first-order chi connectivity index (χ1) is 13.7. The van der Waals surface area contributed by atoms with Crippen molar-refractivity contribution in [3.05, 3.63) is 52.6 Å². The number of Topliss-reactive ketones (excluding diaryl/α,β-unsaturated/α-hetero) is 1. The van der Waals surface area contributed by atoms with E-state index in [9.17, 15) is 18.0 Å². The summed E-state index contributed by atoms with van der Waals surface area (Å²) in [5, 5.41) is 0. The summed E-state index contributed by atoms with van der Waals surface area (Å²) in [7, 11) is -3.11. The van der Waals surface area contributed by atoms with Crippen molar-refractivity contribution in [3.63, 3.8) is 0 Å². The molecule has 9 heteroatoms. The van der Waals surface area contributed by atoms with Gasteiger partial charge in [-0.05, 0) is 25.5 Å². The smallest absolute Gasteiger partial charge is 0.266 e. The van der Waals surface area contributed by atoms with E-state index in [0.29, 0.717) is 32.7 Å². The van der Waals surface area contributed by atoms with Crippen molar-refractivity contribution in [3.8, 4) is 11.3 Å². The third-order valence-corrected chi connectivity index (χ3v) is 7.95. The number of hydrogen-bond donors (Lipinski definition) is 0. The van der Waals surface area contributed by atoms with Gasteiger partial charge in [0, 0.05) is 17.2 Å². The van der Waals surface area contributed by atoms with E-state index in [1.807, 2.05) is 0 Å². The molecule has 0 saturated carbocycles. The lowest BCUT2D eigenvalue weighted by Crippen LogP contribution is -2.39. The van der Waals surface area contributed by atoms with Gasteiger partial charge in [-0.1, -0.05) is 48.2 Å². The molecule has 0 aliphatic carbocycles. The second-order valence-corrected chi connectivity index (χ2v) is 10.8. The molecule has 2 aliphatic heterocycles. The molecule has 3 heterocycles. The van der Waals surface area contributed by atoms with Gasteiger partial charge in [0.25, 0.3) is 5.91 Å². The number of benzene rings is 1. The van der Waals surface area contributed by atoms with Crippen molar-refractivity contribution in [2.45, 2.75) is 19.4 Å². The molecular formula is C20H17NO5S3. The molecule has 2 aliphatic rings. The maximum Gasteiger partial charge on any atom is 0.266 e. The zero-order valence-electron chi connectivity index (χ0n) is 15.5. The molecule has 1 aromatic carbocycles. The van der Waals surface area contributed by atoms with Gasteiger partial charge in [0.15, 0.2) is 15.6 Å². The predicted molar refractivity (Wildman–Crippen MR) is 116 cm³/mol. The number of furan rings is 1. The molecular weight excluding hydrogens is 430 g/mol. The molecule has 150 valence electrons. The Kier molecular flexibility index (Phi) is 5.22. The molecule has 6 nitrogen and oxygen atoms in total. The molecule has 0 spiro atoms. The first-order valence-electron chi connectivity index (χ1n) is 8.92. The van der Waals surface area contributed by atoms with Gasteiger partial charge in [-0.25, -0.2) is 8.42 Å². The van der Waals surface area contributed by atoms with Crippen molar-refractivity contribution in [2.24, 2.45) is 0 Å². The van der Waals surface area contributed by atoms with Crippen LogP contribution in [0.1, 0.15) is 29.5 Å². The number of sulfone groups is 1. The Morgan fingerprint density at radius 2 is 1.97 bits per heavy atom. The fraction of sp³-hybridized carbons (Fsp3) is 0.250. The normalized spacial score (nSPS) is 22.6. The number of rotatable bonds is 4. The zero-order valence-corrected chi connectivity index (χ0v) is 17.9. The molecule has 2 aromatic rings. The van der Waals surface area contributed by atoms with Crippen molar-refractivity contribution in [2.75, 3.05) is 11.5 Å². The van der Waals surface area contributed by atoms with Gasteiger partial charge in [0.1, 0.15) is 15.8 Å². The number of carbonyl (C=O) groups is 2. The number of amides is 1. The minimum Gasteiger partial charge on any atom is -0.457 e. The van der Waals surface area contributed by atoms with Crippen LogP contribution < -0.4 is 0 Å². The number of nitrogens with zero attached hydrogens (tertiary/aromatic N) is 1. The van der Waals surface area contributed by atoms with Gasteiger partial charge in [0.05, 0.1) is 22.5 Å². The van der Waals surface area contributed by atoms with Crippen molar-refractivity contribution < 1.29 is 22.4 Å². The van der Waals surface area contributed by atoms with Crippen LogP contribution in [0.4, 0.5) is 0 Å². The molecule has 0 unspecified atom stereocenters. The van der Waals surface area contributed by atoms with Crippen LogP contribution in [0.5, 0.6) is 0 Å². The Balaban J connectivity index is 1.54. The molecule has 0 radical (unpaired) electrons. The molecule has 0 bridgehead atoms. The lowest BCUT2D eigenvalue weighted by atomic mass is 10.1. The first kappa shape index (κ1) is 20.1. The molecule has 0 N–H and O–H groups in total. The molecule has 1 aromatic heterocycles. The van der Waals surface area contributed by atoms with Gasteiger partial charge in [0.2, 0.25) is 0 Å². The minimum absolute atomic E-state index is 0.00577. The summed E-state index contributed by atoms with van der Waals surface area (Å²) in [6.07, 6.45) is 2.03. The summed E-state index contributed by atoms with van der Waals surface area (Å²) in [6, 6.07) is 10.2. The van der Waals surface area contributed by atoms with E-state index >= 15 is 0 Å². The highest BCUT2D eigenvalue weighted by Gasteiger charge is 2.42. The maximum atomic E-state index is 12.8. The van der Waals surface area contributed by atoms with E-state index in [0.717, 1.165) is 17.3 Å². The molecule has 2 fully saturated rings. The van der Waals surface area contributed by atoms with E-state index in [4.69, 9.17) is 16.6 Å². The van der Waals surface area contributed by atoms with Gasteiger partial charge in [-0.2, -0.15) is 0 Å². The topological polar surface area (TPSA) is 84.7 Å². The van der Waals surface area contributed by atoms with E-state index in [-0.39, 0.29) is 23.2 Å². The molecule has 1 atom stereocenters. The van der Waals surface area contributed by atoms with Crippen molar-refractivity contribution in [1.82, 2.24) is 4.90 Å². The van der Waals surface area contributed by atoms with Crippen LogP contribution in [0, 0.1) is 0 Å². The summed E-state index contributed by atoms with van der Waals surface area (Å²) in [4.78, 5) is 26.0. The van der Waals surface area contributed by atoms with E-state index in [1.54, 1.807) is 42.5 Å². The minimum atomic E-state index is -3.11. The molecule has 29 heavy (non-hydrogen) atoms. The monoisotopic (exact) mass is 447 g/mol. The highest BCUT2D eigenvalue weighted by Crippen LogP contribution is 2.36. The van der Waals surface area contributed by atoms with Gasteiger partial charge in [-0.15, -0.1) is 0 Å². The summed E-state index contributed by atoms with van der Waals surface area (Å²) in [5.41, 5.74) is 1.44. The lowest BCUT2D eigenvalue weighted by Gasteiger charge is -2.20. The summed E-state index contributed by atoms with van der Waals surface area (Å²) >= 11 is 6.46. The van der Waals surface area contributed by atoms with Crippen LogP contribution >= 0.6 is 24.0 Å². The number of thiocarbonyl (C=S) groups is 1. The SMILES string of the molecule is CC(=O)c1ccc(-c2ccc(/C=C3\SC(=S)N([C@@H]4CCS(=O)(=O)C4)C3=O)o2)cc1. The predicted octanol–water partition coefficient (Wildman–Crippen LogP) is 3.54. The van der Waals surface area contributed by atoms with Crippen LogP contribution in [-0.2, 0) is 14.6 Å². The molecule has 2 saturated heterocycles. The number of ketones is 1. The second kappa shape index (κ2) is 7.55. The maximum absolute atomic E-state index is 12.8. The Bertz CT molecular complexity index is 1150. The van der Waals surface area contributed by atoms with Gasteiger partial charge < -0.3 is 4.42 Å². The van der Waals surface area contributed by atoms with E-state index < -0.39 is 15.9 Å². The fourth-order valence-electron chi connectivity index (χ4n) is 3.36. The van der Waals surface area contributed by atoms with Crippen molar-refractivity contribution >= 4 is 55.9 Å². The highest BCUT2D eigenvalue weighted by molar-refractivity contribution is 8.26. The van der Waals surface area contributed by atoms with Gasteiger partial charge >= 0.3 is 0 Å². The molecule has 4 rings (SSSR count).